The molecule has 0 aromatic heterocycles. The van der Waals surface area contributed by atoms with Crippen LogP contribution in [0.5, 0.6) is 0 Å². The van der Waals surface area contributed by atoms with Crippen molar-refractivity contribution in [3.8, 4) is 33.4 Å². The highest BCUT2D eigenvalue weighted by Crippen LogP contribution is 2.50. The van der Waals surface area contributed by atoms with Crippen LogP contribution in [0.4, 0.5) is 0 Å². The Morgan fingerprint density at radius 1 is 0.386 bits per heavy atom. The van der Waals surface area contributed by atoms with Gasteiger partial charge in [0.25, 0.3) is 0 Å². The summed E-state index contributed by atoms with van der Waals surface area (Å²) in [5.74, 6) is 0. The van der Waals surface area contributed by atoms with Gasteiger partial charge in [0.1, 0.15) is 22.3 Å². The monoisotopic (exact) mass is 562 g/mol. The highest BCUT2D eigenvalue weighted by atomic mass is 16.3. The molecular formula is C42H26O2. The SMILES string of the molecule is Cc1ccc(-c2cc3ccc4oc5cc(-c6ccc(C)c7ccccc67)cc6ccc7oc(c2)c3c4-c7c65)c2ccccc12. The van der Waals surface area contributed by atoms with Gasteiger partial charge in [-0.1, -0.05) is 84.9 Å². The van der Waals surface area contributed by atoms with Crippen LogP contribution in [0.3, 0.4) is 0 Å². The zero-order valence-corrected chi connectivity index (χ0v) is 24.4. The molecule has 0 bridgehead atoms. The summed E-state index contributed by atoms with van der Waals surface area (Å²) in [5, 5.41) is 9.59. The predicted molar refractivity (Wildman–Crippen MR) is 184 cm³/mol. The Morgan fingerprint density at radius 3 is 1.27 bits per heavy atom. The van der Waals surface area contributed by atoms with Gasteiger partial charge < -0.3 is 8.83 Å². The average molecular weight is 563 g/mol. The summed E-state index contributed by atoms with van der Waals surface area (Å²) in [6.07, 6.45) is 0. The van der Waals surface area contributed by atoms with E-state index in [0.29, 0.717) is 0 Å². The lowest BCUT2D eigenvalue weighted by atomic mass is 9.87. The van der Waals surface area contributed by atoms with E-state index in [-0.39, 0.29) is 0 Å². The lowest BCUT2D eigenvalue weighted by Gasteiger charge is -2.21. The van der Waals surface area contributed by atoms with Crippen molar-refractivity contribution in [2.45, 2.75) is 13.8 Å². The van der Waals surface area contributed by atoms with Crippen LogP contribution >= 0.6 is 0 Å². The van der Waals surface area contributed by atoms with Crippen molar-refractivity contribution in [1.82, 2.24) is 0 Å². The fourth-order valence-corrected chi connectivity index (χ4v) is 7.59. The van der Waals surface area contributed by atoms with Crippen LogP contribution in [-0.4, -0.2) is 0 Å². The van der Waals surface area contributed by atoms with E-state index < -0.39 is 0 Å². The lowest BCUT2D eigenvalue weighted by molar-refractivity contribution is 0.646. The maximum Gasteiger partial charge on any atom is 0.136 e. The second-order valence-electron chi connectivity index (χ2n) is 12.2. The van der Waals surface area contributed by atoms with Crippen molar-refractivity contribution in [1.29, 1.82) is 0 Å². The van der Waals surface area contributed by atoms with Crippen LogP contribution < -0.4 is 0 Å². The Labute approximate surface area is 253 Å². The Morgan fingerprint density at radius 2 is 0.818 bits per heavy atom. The summed E-state index contributed by atoms with van der Waals surface area (Å²) in [5.41, 5.74) is 13.1. The predicted octanol–water partition coefficient (Wildman–Crippen LogP) is 12.3. The lowest BCUT2D eigenvalue weighted by Crippen LogP contribution is -1.95. The van der Waals surface area contributed by atoms with Gasteiger partial charge in [-0.2, -0.15) is 0 Å². The third-order valence-electron chi connectivity index (χ3n) is 9.68. The molecule has 44 heavy (non-hydrogen) atoms. The molecule has 0 amide bonds. The molecule has 0 unspecified atom stereocenters. The first-order chi connectivity index (χ1) is 21.6. The van der Waals surface area contributed by atoms with E-state index in [9.17, 15) is 0 Å². The summed E-state index contributed by atoms with van der Waals surface area (Å²) in [6.45, 7) is 4.35. The molecule has 2 aliphatic rings. The number of hydrogen-bond donors (Lipinski definition) is 0. The normalized spacial score (nSPS) is 12.3. The molecule has 8 aromatic carbocycles. The minimum atomic E-state index is 0.876. The standard InChI is InChI=1S/C42H26O2/c1-23-11-15-31(33-9-5-3-7-29(23)33)27-19-25-13-17-36-41-39(25)37(21-27)43-35-18-14-26-20-28(22-38(44-36)40(26)42(35)41)32-16-12-24(2)30-8-4-6-10-34(30)32/h3-22H,1-2H3. The van der Waals surface area contributed by atoms with Crippen molar-refractivity contribution in [2.24, 2.45) is 0 Å². The number of benzene rings is 8. The van der Waals surface area contributed by atoms with Crippen LogP contribution in [0.25, 0.3) is 98.8 Å². The molecule has 0 saturated carbocycles. The van der Waals surface area contributed by atoms with E-state index in [4.69, 9.17) is 8.83 Å². The minimum absolute atomic E-state index is 0.876. The van der Waals surface area contributed by atoms with Gasteiger partial charge in [-0.15, -0.1) is 0 Å². The van der Waals surface area contributed by atoms with E-state index in [1.54, 1.807) is 0 Å². The topological polar surface area (TPSA) is 26.3 Å². The molecule has 206 valence electrons. The van der Waals surface area contributed by atoms with Gasteiger partial charge in [-0.25, -0.2) is 0 Å². The average Bonchev–Trinajstić information content (AvgIpc) is 3.06. The van der Waals surface area contributed by atoms with E-state index in [1.807, 2.05) is 0 Å². The van der Waals surface area contributed by atoms with Crippen LogP contribution in [0.2, 0.25) is 0 Å². The maximum atomic E-state index is 6.77. The summed E-state index contributed by atoms with van der Waals surface area (Å²) in [4.78, 5) is 0. The molecule has 0 N–H and O–H groups in total. The first-order valence-electron chi connectivity index (χ1n) is 15.2. The highest BCUT2D eigenvalue weighted by molar-refractivity contribution is 6.24. The largest absolute Gasteiger partial charge is 0.456 e. The third kappa shape index (κ3) is 3.15. The number of fused-ring (bicyclic) bond motifs is 2. The molecule has 0 fully saturated rings. The Balaban J connectivity index is 1.26. The zero-order valence-electron chi connectivity index (χ0n) is 24.4. The van der Waals surface area contributed by atoms with Gasteiger partial charge >= 0.3 is 0 Å². The van der Waals surface area contributed by atoms with Crippen molar-refractivity contribution in [3.63, 3.8) is 0 Å². The fourth-order valence-electron chi connectivity index (χ4n) is 7.59. The first kappa shape index (κ1) is 23.9. The number of hydrogen-bond acceptors (Lipinski definition) is 2. The molecule has 2 nitrogen and oxygen atoms in total. The Kier molecular flexibility index (Phi) is 4.61. The van der Waals surface area contributed by atoms with Gasteiger partial charge in [0.15, 0.2) is 0 Å². The third-order valence-corrected chi connectivity index (χ3v) is 9.68. The second kappa shape index (κ2) is 8.49. The van der Waals surface area contributed by atoms with Crippen molar-refractivity contribution < 1.29 is 8.83 Å². The van der Waals surface area contributed by atoms with Crippen LogP contribution in [0.15, 0.2) is 130 Å². The molecule has 0 aliphatic carbocycles. The van der Waals surface area contributed by atoms with Crippen molar-refractivity contribution >= 4 is 65.4 Å². The minimum Gasteiger partial charge on any atom is -0.456 e. The summed E-state index contributed by atoms with van der Waals surface area (Å²) >= 11 is 0. The van der Waals surface area contributed by atoms with Crippen LogP contribution in [0, 0.1) is 13.8 Å². The van der Waals surface area contributed by atoms with Gasteiger partial charge in [-0.05, 0) is 116 Å². The molecule has 0 saturated heterocycles. The van der Waals surface area contributed by atoms with E-state index in [2.05, 4.69) is 135 Å². The summed E-state index contributed by atoms with van der Waals surface area (Å²) in [7, 11) is 0. The van der Waals surface area contributed by atoms with Gasteiger partial charge in [-0.3, -0.25) is 0 Å². The fraction of sp³-hybridized carbons (Fsp3) is 0.0476. The number of aryl methyl sites for hydroxylation is 2. The van der Waals surface area contributed by atoms with Crippen LogP contribution in [0.1, 0.15) is 11.1 Å². The van der Waals surface area contributed by atoms with Gasteiger partial charge in [0.05, 0.1) is 0 Å². The van der Waals surface area contributed by atoms with E-state index in [1.165, 1.54) is 43.8 Å². The Hall–Kier alpha value is -5.60. The molecular weight excluding hydrogens is 536 g/mol. The molecule has 8 aromatic rings. The van der Waals surface area contributed by atoms with Gasteiger partial charge in [0.2, 0.25) is 0 Å². The summed E-state index contributed by atoms with van der Waals surface area (Å²) in [6, 6.07) is 43.8. The van der Waals surface area contributed by atoms with Crippen LogP contribution in [-0.2, 0) is 0 Å². The maximum absolute atomic E-state index is 6.77. The highest BCUT2D eigenvalue weighted by Gasteiger charge is 2.25. The smallest absolute Gasteiger partial charge is 0.136 e. The first-order valence-corrected chi connectivity index (χ1v) is 15.2. The molecule has 0 spiro atoms. The van der Waals surface area contributed by atoms with E-state index in [0.717, 1.165) is 66.1 Å². The molecule has 2 heterocycles. The molecule has 2 heteroatoms. The molecule has 10 rings (SSSR count). The van der Waals surface area contributed by atoms with Crippen molar-refractivity contribution in [3.05, 3.63) is 132 Å². The van der Waals surface area contributed by atoms with E-state index >= 15 is 0 Å². The number of rotatable bonds is 2. The second-order valence-corrected chi connectivity index (χ2v) is 12.2. The molecule has 0 radical (unpaired) electrons. The zero-order chi connectivity index (χ0) is 29.1. The van der Waals surface area contributed by atoms with Gasteiger partial charge in [0, 0.05) is 21.9 Å². The summed E-state index contributed by atoms with van der Waals surface area (Å²) < 4.78 is 13.5. The molecule has 2 aliphatic heterocycles. The van der Waals surface area contributed by atoms with Crippen molar-refractivity contribution in [2.75, 3.05) is 0 Å². The quantitative estimate of drug-likeness (QED) is 0.155. The Bertz CT molecular complexity index is 2540. The molecule has 0 atom stereocenters.